The smallest absolute Gasteiger partial charge is 0.214 e. The lowest BCUT2D eigenvalue weighted by molar-refractivity contribution is 0.0632. The van der Waals surface area contributed by atoms with Crippen LogP contribution < -0.4 is 5.32 Å². The number of nitrogens with one attached hydrogen (secondary N) is 1. The number of hydrogen-bond acceptors (Lipinski definition) is 4. The summed E-state index contributed by atoms with van der Waals surface area (Å²) in [6.45, 7) is 5.23. The second-order valence-electron chi connectivity index (χ2n) is 4.74. The van der Waals surface area contributed by atoms with Crippen LogP contribution >= 0.6 is 0 Å². The molecule has 0 amide bonds. The van der Waals surface area contributed by atoms with E-state index in [0.717, 1.165) is 38.8 Å². The quantitative estimate of drug-likeness (QED) is 0.668. The van der Waals surface area contributed by atoms with Gasteiger partial charge in [0, 0.05) is 26.3 Å². The van der Waals surface area contributed by atoms with E-state index in [0.29, 0.717) is 13.2 Å². The Labute approximate surface area is 111 Å². The van der Waals surface area contributed by atoms with Gasteiger partial charge in [0.2, 0.25) is 10.0 Å². The maximum absolute atomic E-state index is 12.1. The van der Waals surface area contributed by atoms with E-state index in [1.54, 1.807) is 11.4 Å². The molecule has 6 heteroatoms. The summed E-state index contributed by atoms with van der Waals surface area (Å²) in [6.07, 6.45) is 3.26. The predicted octanol–water partition coefficient (Wildman–Crippen LogP) is 0.817. The first-order valence-corrected chi connectivity index (χ1v) is 8.43. The van der Waals surface area contributed by atoms with Gasteiger partial charge in [0.05, 0.1) is 5.75 Å². The molecular formula is C12H26N2O3S. The van der Waals surface area contributed by atoms with Crippen molar-refractivity contribution in [1.29, 1.82) is 0 Å². The zero-order valence-corrected chi connectivity index (χ0v) is 12.3. The van der Waals surface area contributed by atoms with Gasteiger partial charge in [-0.15, -0.1) is 0 Å². The third-order valence-electron chi connectivity index (χ3n) is 3.40. The molecule has 1 N–H and O–H groups in total. The average molecular weight is 278 g/mol. The maximum atomic E-state index is 12.1. The summed E-state index contributed by atoms with van der Waals surface area (Å²) in [5.41, 5.74) is 0. The van der Waals surface area contributed by atoms with Crippen LogP contribution in [0.15, 0.2) is 0 Å². The third-order valence-corrected chi connectivity index (χ3v) is 5.38. The van der Waals surface area contributed by atoms with Crippen LogP contribution in [-0.2, 0) is 14.8 Å². The third kappa shape index (κ3) is 5.22. The molecule has 108 valence electrons. The topological polar surface area (TPSA) is 58.6 Å². The van der Waals surface area contributed by atoms with Crippen molar-refractivity contribution in [3.05, 3.63) is 0 Å². The Morgan fingerprint density at radius 3 is 2.56 bits per heavy atom. The molecule has 0 aromatic heterocycles. The van der Waals surface area contributed by atoms with Crippen LogP contribution in [0.5, 0.6) is 0 Å². The van der Waals surface area contributed by atoms with Crippen LogP contribution in [0, 0.1) is 0 Å². The van der Waals surface area contributed by atoms with Crippen molar-refractivity contribution in [2.24, 2.45) is 0 Å². The largest absolute Gasteiger partial charge is 0.381 e. The minimum absolute atomic E-state index is 0.123. The highest BCUT2D eigenvalue weighted by Crippen LogP contribution is 2.16. The molecule has 0 aliphatic carbocycles. The van der Waals surface area contributed by atoms with Crippen LogP contribution in [0.25, 0.3) is 0 Å². The molecule has 0 radical (unpaired) electrons. The van der Waals surface area contributed by atoms with Crippen LogP contribution in [0.4, 0.5) is 0 Å². The first-order chi connectivity index (χ1) is 8.58. The van der Waals surface area contributed by atoms with E-state index in [1.165, 1.54) is 0 Å². The zero-order chi connectivity index (χ0) is 13.4. The molecule has 1 heterocycles. The van der Waals surface area contributed by atoms with Crippen molar-refractivity contribution in [3.63, 3.8) is 0 Å². The molecule has 0 aromatic rings. The van der Waals surface area contributed by atoms with E-state index >= 15 is 0 Å². The molecule has 0 bridgehead atoms. The fourth-order valence-electron chi connectivity index (χ4n) is 2.13. The van der Waals surface area contributed by atoms with Gasteiger partial charge in [-0.1, -0.05) is 6.92 Å². The van der Waals surface area contributed by atoms with Gasteiger partial charge in [-0.05, 0) is 38.8 Å². The van der Waals surface area contributed by atoms with Crippen molar-refractivity contribution < 1.29 is 13.2 Å². The van der Waals surface area contributed by atoms with E-state index in [4.69, 9.17) is 4.74 Å². The highest BCUT2D eigenvalue weighted by atomic mass is 32.2. The molecule has 1 aliphatic heterocycles. The first kappa shape index (κ1) is 15.9. The lowest BCUT2D eigenvalue weighted by atomic mass is 10.1. The Morgan fingerprint density at radius 1 is 1.28 bits per heavy atom. The lowest BCUT2D eigenvalue weighted by Crippen LogP contribution is -2.41. The Balaban J connectivity index is 2.32. The number of sulfonamides is 1. The fraction of sp³-hybridized carbons (Fsp3) is 1.00. The second-order valence-corrected chi connectivity index (χ2v) is 6.88. The molecule has 0 spiro atoms. The van der Waals surface area contributed by atoms with Gasteiger partial charge in [0.1, 0.15) is 0 Å². The molecule has 0 atom stereocenters. The van der Waals surface area contributed by atoms with Crippen LogP contribution in [-0.4, -0.2) is 57.9 Å². The van der Waals surface area contributed by atoms with Crippen molar-refractivity contribution in [3.8, 4) is 0 Å². The minimum Gasteiger partial charge on any atom is -0.381 e. The molecule has 5 nitrogen and oxygen atoms in total. The van der Waals surface area contributed by atoms with E-state index < -0.39 is 10.0 Å². The van der Waals surface area contributed by atoms with E-state index in [9.17, 15) is 8.42 Å². The standard InChI is InChI=1S/C12H26N2O3S/c1-3-13-8-4-5-11-18(15,16)14(2)12-6-9-17-10-7-12/h12-13H,3-11H2,1-2H3. The Kier molecular flexibility index (Phi) is 7.14. The molecule has 1 fully saturated rings. The first-order valence-electron chi connectivity index (χ1n) is 6.82. The lowest BCUT2D eigenvalue weighted by Gasteiger charge is -2.30. The Bertz CT molecular complexity index is 313. The van der Waals surface area contributed by atoms with Crippen molar-refractivity contribution in [1.82, 2.24) is 9.62 Å². The molecule has 1 saturated heterocycles. The summed E-state index contributed by atoms with van der Waals surface area (Å²) < 4.78 is 31.1. The zero-order valence-electron chi connectivity index (χ0n) is 11.5. The molecule has 18 heavy (non-hydrogen) atoms. The highest BCUT2D eigenvalue weighted by molar-refractivity contribution is 7.89. The maximum Gasteiger partial charge on any atom is 0.214 e. The number of hydrogen-bond donors (Lipinski definition) is 1. The van der Waals surface area contributed by atoms with E-state index in [1.807, 2.05) is 0 Å². The van der Waals surface area contributed by atoms with Crippen LogP contribution in [0.2, 0.25) is 0 Å². The molecule has 0 saturated carbocycles. The molecule has 1 rings (SSSR count). The number of rotatable bonds is 8. The summed E-state index contributed by atoms with van der Waals surface area (Å²) in [4.78, 5) is 0. The van der Waals surface area contributed by atoms with E-state index in [2.05, 4.69) is 12.2 Å². The highest BCUT2D eigenvalue weighted by Gasteiger charge is 2.27. The summed E-state index contributed by atoms with van der Waals surface area (Å²) in [7, 11) is -1.39. The molecule has 0 unspecified atom stereocenters. The Hall–Kier alpha value is -0.170. The van der Waals surface area contributed by atoms with Gasteiger partial charge in [0.25, 0.3) is 0 Å². The van der Waals surface area contributed by atoms with Crippen LogP contribution in [0.3, 0.4) is 0 Å². The predicted molar refractivity (Wildman–Crippen MR) is 73.2 cm³/mol. The van der Waals surface area contributed by atoms with Gasteiger partial charge in [-0.25, -0.2) is 12.7 Å². The monoisotopic (exact) mass is 278 g/mol. The molecule has 0 aromatic carbocycles. The normalized spacial score (nSPS) is 18.4. The number of unbranched alkanes of at least 4 members (excludes halogenated alkanes) is 1. The minimum atomic E-state index is -3.10. The van der Waals surface area contributed by atoms with Crippen LogP contribution in [0.1, 0.15) is 32.6 Å². The van der Waals surface area contributed by atoms with Crippen molar-refractivity contribution in [2.75, 3.05) is 39.1 Å². The Morgan fingerprint density at radius 2 is 1.94 bits per heavy atom. The van der Waals surface area contributed by atoms with Gasteiger partial charge in [-0.3, -0.25) is 0 Å². The van der Waals surface area contributed by atoms with Gasteiger partial charge < -0.3 is 10.1 Å². The van der Waals surface area contributed by atoms with E-state index in [-0.39, 0.29) is 11.8 Å². The van der Waals surface area contributed by atoms with Gasteiger partial charge in [-0.2, -0.15) is 0 Å². The summed E-state index contributed by atoms with van der Waals surface area (Å²) >= 11 is 0. The SMILES string of the molecule is CCNCCCCS(=O)(=O)N(C)C1CCOCC1. The van der Waals surface area contributed by atoms with Crippen molar-refractivity contribution >= 4 is 10.0 Å². The number of nitrogens with zero attached hydrogens (tertiary/aromatic N) is 1. The molecular weight excluding hydrogens is 252 g/mol. The molecule has 1 aliphatic rings. The summed E-state index contributed by atoms with van der Waals surface area (Å²) in [5.74, 6) is 0.256. The van der Waals surface area contributed by atoms with Gasteiger partial charge >= 0.3 is 0 Å². The second kappa shape index (κ2) is 8.09. The number of ether oxygens (including phenoxy) is 1. The van der Waals surface area contributed by atoms with Crippen molar-refractivity contribution in [2.45, 2.75) is 38.6 Å². The van der Waals surface area contributed by atoms with Gasteiger partial charge in [0.15, 0.2) is 0 Å². The average Bonchev–Trinajstić information content (AvgIpc) is 2.38. The summed E-state index contributed by atoms with van der Waals surface area (Å²) in [5, 5.41) is 3.20. The fourth-order valence-corrected chi connectivity index (χ4v) is 3.65. The summed E-state index contributed by atoms with van der Waals surface area (Å²) in [6, 6.07) is 0.123.